The minimum Gasteiger partial charge on any atom is -0.464 e. The van der Waals surface area contributed by atoms with Crippen LogP contribution in [0.4, 0.5) is 11.5 Å². The molecule has 8 heteroatoms. The van der Waals surface area contributed by atoms with Crippen LogP contribution in [-0.4, -0.2) is 41.7 Å². The van der Waals surface area contributed by atoms with Gasteiger partial charge in [-0.3, -0.25) is 10.1 Å². The van der Waals surface area contributed by atoms with Gasteiger partial charge in [-0.2, -0.15) is 0 Å². The molecule has 1 unspecified atom stereocenters. The summed E-state index contributed by atoms with van der Waals surface area (Å²) in [6.45, 7) is 1.48. The number of anilines is 1. The zero-order valence-corrected chi connectivity index (χ0v) is 11.5. The summed E-state index contributed by atoms with van der Waals surface area (Å²) < 4.78 is 10.3. The highest BCUT2D eigenvalue weighted by Crippen LogP contribution is 2.13. The SMILES string of the molecule is O=C(OCCCNc1ccc([N+](=O)[O-])cn1)C1CCCO1. The summed E-state index contributed by atoms with van der Waals surface area (Å²) in [5.74, 6) is 0.243. The van der Waals surface area contributed by atoms with Gasteiger partial charge in [0.25, 0.3) is 5.69 Å². The maximum atomic E-state index is 11.5. The molecule has 0 radical (unpaired) electrons. The van der Waals surface area contributed by atoms with Gasteiger partial charge in [-0.25, -0.2) is 9.78 Å². The quantitative estimate of drug-likeness (QED) is 0.352. The summed E-state index contributed by atoms with van der Waals surface area (Å²) in [7, 11) is 0. The van der Waals surface area contributed by atoms with Gasteiger partial charge in [-0.05, 0) is 25.3 Å². The van der Waals surface area contributed by atoms with Crippen molar-refractivity contribution in [3.8, 4) is 0 Å². The van der Waals surface area contributed by atoms with Crippen molar-refractivity contribution in [2.75, 3.05) is 25.1 Å². The van der Waals surface area contributed by atoms with E-state index in [2.05, 4.69) is 10.3 Å². The van der Waals surface area contributed by atoms with Crippen molar-refractivity contribution in [2.24, 2.45) is 0 Å². The number of hydrogen-bond acceptors (Lipinski definition) is 7. The van der Waals surface area contributed by atoms with E-state index in [4.69, 9.17) is 9.47 Å². The summed E-state index contributed by atoms with van der Waals surface area (Å²) in [6.07, 6.45) is 3.03. The molecule has 0 aromatic carbocycles. The predicted molar refractivity (Wildman–Crippen MR) is 73.9 cm³/mol. The minimum atomic E-state index is -0.499. The zero-order valence-electron chi connectivity index (χ0n) is 11.5. The van der Waals surface area contributed by atoms with Gasteiger partial charge in [0, 0.05) is 19.2 Å². The van der Waals surface area contributed by atoms with Crippen LogP contribution < -0.4 is 5.32 Å². The topological polar surface area (TPSA) is 104 Å². The van der Waals surface area contributed by atoms with Gasteiger partial charge in [-0.15, -0.1) is 0 Å². The number of nitrogens with zero attached hydrogens (tertiary/aromatic N) is 2. The van der Waals surface area contributed by atoms with E-state index < -0.39 is 11.0 Å². The molecule has 2 heterocycles. The lowest BCUT2D eigenvalue weighted by atomic mass is 10.2. The maximum Gasteiger partial charge on any atom is 0.335 e. The molecular formula is C13H17N3O5. The molecular weight excluding hydrogens is 278 g/mol. The number of ether oxygens (including phenoxy) is 2. The number of carbonyl (C=O) groups is 1. The maximum absolute atomic E-state index is 11.5. The molecule has 1 atom stereocenters. The van der Waals surface area contributed by atoms with Crippen LogP contribution in [0, 0.1) is 10.1 Å². The number of pyridine rings is 1. The van der Waals surface area contributed by atoms with Crippen LogP contribution in [0.25, 0.3) is 0 Å². The molecule has 0 aliphatic carbocycles. The third-order valence-electron chi connectivity index (χ3n) is 3.02. The second kappa shape index (κ2) is 7.53. The molecule has 1 aliphatic rings. The number of nitrogens with one attached hydrogen (secondary N) is 1. The Labute approximate surface area is 121 Å². The average Bonchev–Trinajstić information content (AvgIpc) is 3.01. The molecule has 2 rings (SSSR count). The first-order valence-electron chi connectivity index (χ1n) is 6.79. The average molecular weight is 295 g/mol. The standard InChI is InChI=1S/C13H17N3O5/c17-13(11-3-1-7-20-11)21-8-2-6-14-12-5-4-10(9-15-12)16(18)19/h4-5,9,11H,1-3,6-8H2,(H,14,15). The van der Waals surface area contributed by atoms with Crippen molar-refractivity contribution < 1.29 is 19.2 Å². The van der Waals surface area contributed by atoms with Gasteiger partial charge in [0.1, 0.15) is 12.0 Å². The lowest BCUT2D eigenvalue weighted by Crippen LogP contribution is -2.23. The van der Waals surface area contributed by atoms with Crippen molar-refractivity contribution in [3.63, 3.8) is 0 Å². The Morgan fingerprint density at radius 3 is 3.05 bits per heavy atom. The van der Waals surface area contributed by atoms with Gasteiger partial charge in [0.15, 0.2) is 6.10 Å². The first-order valence-corrected chi connectivity index (χ1v) is 6.79. The van der Waals surface area contributed by atoms with Gasteiger partial charge >= 0.3 is 5.97 Å². The van der Waals surface area contributed by atoms with E-state index in [1.807, 2.05) is 0 Å². The Morgan fingerprint density at radius 1 is 1.57 bits per heavy atom. The van der Waals surface area contributed by atoms with E-state index >= 15 is 0 Å². The van der Waals surface area contributed by atoms with Gasteiger partial charge in [-0.1, -0.05) is 0 Å². The molecule has 1 saturated heterocycles. The molecule has 1 aromatic rings. The summed E-state index contributed by atoms with van der Waals surface area (Å²) in [6, 6.07) is 2.92. The highest BCUT2D eigenvalue weighted by molar-refractivity contribution is 5.74. The molecule has 0 amide bonds. The second-order valence-electron chi connectivity index (χ2n) is 4.61. The number of carbonyl (C=O) groups excluding carboxylic acids is 1. The van der Waals surface area contributed by atoms with E-state index in [0.29, 0.717) is 32.0 Å². The molecule has 1 aromatic heterocycles. The number of esters is 1. The summed E-state index contributed by atoms with van der Waals surface area (Å²) in [5, 5.41) is 13.5. The first-order chi connectivity index (χ1) is 10.2. The van der Waals surface area contributed by atoms with Gasteiger partial charge in [0.2, 0.25) is 0 Å². The number of hydrogen-bond donors (Lipinski definition) is 1. The lowest BCUT2D eigenvalue weighted by molar-refractivity contribution is -0.385. The highest BCUT2D eigenvalue weighted by Gasteiger charge is 2.24. The minimum absolute atomic E-state index is 0.0500. The fraction of sp³-hybridized carbons (Fsp3) is 0.538. The molecule has 114 valence electrons. The molecule has 8 nitrogen and oxygen atoms in total. The van der Waals surface area contributed by atoms with Crippen LogP contribution in [0.5, 0.6) is 0 Å². The molecule has 0 bridgehead atoms. The summed E-state index contributed by atoms with van der Waals surface area (Å²) >= 11 is 0. The second-order valence-corrected chi connectivity index (χ2v) is 4.61. The predicted octanol–water partition coefficient (Wildman–Crippen LogP) is 1.51. The van der Waals surface area contributed by atoms with Crippen molar-refractivity contribution in [1.29, 1.82) is 0 Å². The molecule has 21 heavy (non-hydrogen) atoms. The highest BCUT2D eigenvalue weighted by atomic mass is 16.6. The molecule has 0 saturated carbocycles. The Kier molecular flexibility index (Phi) is 5.44. The van der Waals surface area contributed by atoms with Gasteiger partial charge < -0.3 is 14.8 Å². The Balaban J connectivity index is 1.61. The van der Waals surface area contributed by atoms with Crippen molar-refractivity contribution in [3.05, 3.63) is 28.4 Å². The Hall–Kier alpha value is -2.22. The van der Waals surface area contributed by atoms with Crippen LogP contribution in [0.15, 0.2) is 18.3 Å². The van der Waals surface area contributed by atoms with Crippen LogP contribution in [0.2, 0.25) is 0 Å². The van der Waals surface area contributed by atoms with Crippen LogP contribution in [0.3, 0.4) is 0 Å². The van der Waals surface area contributed by atoms with E-state index in [1.54, 1.807) is 0 Å². The van der Waals surface area contributed by atoms with Gasteiger partial charge in [0.05, 0.1) is 11.5 Å². The third-order valence-corrected chi connectivity index (χ3v) is 3.02. The molecule has 1 aliphatic heterocycles. The van der Waals surface area contributed by atoms with E-state index in [1.165, 1.54) is 18.3 Å². The Morgan fingerprint density at radius 2 is 2.43 bits per heavy atom. The van der Waals surface area contributed by atoms with E-state index in [-0.39, 0.29) is 11.7 Å². The lowest BCUT2D eigenvalue weighted by Gasteiger charge is -2.10. The number of nitro groups is 1. The smallest absolute Gasteiger partial charge is 0.335 e. The third kappa shape index (κ3) is 4.67. The van der Waals surface area contributed by atoms with E-state index in [0.717, 1.165) is 12.8 Å². The normalized spacial score (nSPS) is 17.4. The molecule has 1 fully saturated rings. The van der Waals surface area contributed by atoms with Crippen molar-refractivity contribution in [1.82, 2.24) is 4.98 Å². The fourth-order valence-electron chi connectivity index (χ4n) is 1.92. The van der Waals surface area contributed by atoms with E-state index in [9.17, 15) is 14.9 Å². The van der Waals surface area contributed by atoms with Crippen LogP contribution in [0.1, 0.15) is 19.3 Å². The summed E-state index contributed by atoms with van der Waals surface area (Å²) in [5.41, 5.74) is -0.0500. The first kappa shape index (κ1) is 15.2. The number of rotatable bonds is 7. The van der Waals surface area contributed by atoms with Crippen LogP contribution >= 0.6 is 0 Å². The molecule has 1 N–H and O–H groups in total. The number of aromatic nitrogens is 1. The largest absolute Gasteiger partial charge is 0.464 e. The zero-order chi connectivity index (χ0) is 15.1. The summed E-state index contributed by atoms with van der Waals surface area (Å²) in [4.78, 5) is 25.4. The monoisotopic (exact) mass is 295 g/mol. The molecule has 0 spiro atoms. The van der Waals surface area contributed by atoms with Crippen LogP contribution in [-0.2, 0) is 14.3 Å². The van der Waals surface area contributed by atoms with Crippen molar-refractivity contribution in [2.45, 2.75) is 25.4 Å². The fourth-order valence-corrected chi connectivity index (χ4v) is 1.92. The Bertz CT molecular complexity index is 485. The van der Waals surface area contributed by atoms with Crippen molar-refractivity contribution >= 4 is 17.5 Å².